The van der Waals surface area contributed by atoms with Gasteiger partial charge in [-0.1, -0.05) is 83.9 Å². The van der Waals surface area contributed by atoms with E-state index in [4.69, 9.17) is 37.4 Å². The van der Waals surface area contributed by atoms with Crippen molar-refractivity contribution in [2.24, 2.45) is 0 Å². The van der Waals surface area contributed by atoms with Gasteiger partial charge in [-0.05, 0) is 12.1 Å². The second-order valence-corrected chi connectivity index (χ2v) is 8.52. The molecule has 5 nitrogen and oxygen atoms in total. The number of nitrogens with zero attached hydrogens (tertiary/aromatic N) is 1. The lowest BCUT2D eigenvalue weighted by Crippen LogP contribution is -2.37. The van der Waals surface area contributed by atoms with Crippen molar-refractivity contribution in [3.05, 3.63) is 117 Å². The van der Waals surface area contributed by atoms with Crippen molar-refractivity contribution in [2.45, 2.75) is 12.2 Å². The first-order valence-electron chi connectivity index (χ1n) is 10.5. The maximum Gasteiger partial charge on any atom is 0.305 e. The molecule has 0 N–H and O–H groups in total. The summed E-state index contributed by atoms with van der Waals surface area (Å²) in [6.07, 6.45) is 2.90. The van der Waals surface area contributed by atoms with Crippen molar-refractivity contribution < 1.29 is 19.0 Å². The van der Waals surface area contributed by atoms with Gasteiger partial charge in [-0.25, -0.2) is 0 Å². The Labute approximate surface area is 206 Å². The van der Waals surface area contributed by atoms with Gasteiger partial charge in [0.15, 0.2) is 17.3 Å². The highest BCUT2D eigenvalue weighted by atomic mass is 35.5. The number of carbonyl (C=O) groups is 1. The Hall–Kier alpha value is -3.54. The monoisotopic (exact) mass is 491 g/mol. The molecule has 170 valence electrons. The minimum absolute atomic E-state index is 0.0218. The first-order chi connectivity index (χ1) is 16.5. The Balaban J connectivity index is 1.63. The lowest BCUT2D eigenvalue weighted by molar-refractivity contribution is -0.0468. The molecular weight excluding hydrogens is 473 g/mol. The van der Waals surface area contributed by atoms with Gasteiger partial charge in [0, 0.05) is 35.5 Å². The topological polar surface area (TPSA) is 57.7 Å². The standard InChI is InChI=1S/C27H19Cl2NO4/c1-32-24-13-12-19(23(31)14-20-21(28)15-30-16-22(20)29)25-26(24)34-27(33-25,17-8-4-2-5-9-17)18-10-6-3-7-11-18/h2-13,15-16H,14H2,1H3. The van der Waals surface area contributed by atoms with Crippen LogP contribution in [0.25, 0.3) is 0 Å². The molecule has 0 bridgehead atoms. The van der Waals surface area contributed by atoms with Gasteiger partial charge in [0.2, 0.25) is 5.75 Å². The molecule has 3 aromatic carbocycles. The smallest absolute Gasteiger partial charge is 0.305 e. The molecule has 0 aliphatic carbocycles. The Bertz CT molecular complexity index is 1300. The molecule has 7 heteroatoms. The number of methoxy groups -OCH3 is 1. The summed E-state index contributed by atoms with van der Waals surface area (Å²) in [5, 5.41) is 0.650. The van der Waals surface area contributed by atoms with Crippen LogP contribution in [0, 0.1) is 0 Å². The summed E-state index contributed by atoms with van der Waals surface area (Å²) >= 11 is 12.5. The molecule has 1 aromatic heterocycles. The number of benzene rings is 3. The van der Waals surface area contributed by atoms with Crippen molar-refractivity contribution >= 4 is 29.0 Å². The molecule has 0 amide bonds. The summed E-state index contributed by atoms with van der Waals surface area (Å²) in [5.41, 5.74) is 2.40. The third-order valence-electron chi connectivity index (χ3n) is 5.69. The van der Waals surface area contributed by atoms with Gasteiger partial charge in [0.25, 0.3) is 0 Å². The second kappa shape index (κ2) is 9.01. The number of hydrogen-bond donors (Lipinski definition) is 0. The molecule has 34 heavy (non-hydrogen) atoms. The van der Waals surface area contributed by atoms with Crippen LogP contribution in [0.1, 0.15) is 27.0 Å². The van der Waals surface area contributed by atoms with Gasteiger partial charge < -0.3 is 14.2 Å². The van der Waals surface area contributed by atoms with Gasteiger partial charge >= 0.3 is 5.79 Å². The fraction of sp³-hybridized carbons (Fsp3) is 0.111. The van der Waals surface area contributed by atoms with Crippen LogP contribution >= 0.6 is 23.2 Å². The van der Waals surface area contributed by atoms with Gasteiger partial charge in [0.1, 0.15) is 0 Å². The lowest BCUT2D eigenvalue weighted by atomic mass is 9.97. The van der Waals surface area contributed by atoms with E-state index in [-0.39, 0.29) is 12.2 Å². The molecule has 0 atom stereocenters. The Kier molecular flexibility index (Phi) is 5.90. The number of rotatable bonds is 6. The van der Waals surface area contributed by atoms with Gasteiger partial charge in [-0.15, -0.1) is 0 Å². The Morgan fingerprint density at radius 1 is 0.853 bits per heavy atom. The highest BCUT2D eigenvalue weighted by molar-refractivity contribution is 6.36. The van der Waals surface area contributed by atoms with E-state index in [9.17, 15) is 4.79 Å². The molecule has 0 saturated carbocycles. The second-order valence-electron chi connectivity index (χ2n) is 7.71. The number of ether oxygens (including phenoxy) is 3. The van der Waals surface area contributed by atoms with E-state index in [0.29, 0.717) is 38.4 Å². The van der Waals surface area contributed by atoms with Crippen molar-refractivity contribution in [3.63, 3.8) is 0 Å². The number of ketones is 1. The largest absolute Gasteiger partial charge is 0.493 e. The zero-order chi connectivity index (χ0) is 23.7. The summed E-state index contributed by atoms with van der Waals surface area (Å²) in [5.74, 6) is -0.401. The van der Waals surface area contributed by atoms with E-state index in [1.54, 1.807) is 19.2 Å². The van der Waals surface area contributed by atoms with Crippen LogP contribution in [-0.4, -0.2) is 17.9 Å². The first-order valence-corrected chi connectivity index (χ1v) is 11.3. The maximum atomic E-state index is 13.4. The van der Waals surface area contributed by atoms with E-state index in [1.807, 2.05) is 60.7 Å². The summed E-state index contributed by atoms with van der Waals surface area (Å²) in [6, 6.07) is 22.5. The zero-order valence-electron chi connectivity index (χ0n) is 18.1. The van der Waals surface area contributed by atoms with Gasteiger partial charge in [-0.2, -0.15) is 0 Å². The predicted molar refractivity (Wildman–Crippen MR) is 130 cm³/mol. The molecule has 0 saturated heterocycles. The predicted octanol–water partition coefficient (Wildman–Crippen LogP) is 6.49. The van der Waals surface area contributed by atoms with Gasteiger partial charge in [0.05, 0.1) is 22.7 Å². The number of halogens is 2. The normalized spacial score (nSPS) is 13.5. The van der Waals surface area contributed by atoms with Crippen molar-refractivity contribution in [1.82, 2.24) is 4.98 Å². The highest BCUT2D eigenvalue weighted by Gasteiger charge is 2.48. The number of Topliss-reactive ketones (excluding diaryl/α,β-unsaturated/α-hetero) is 1. The average molecular weight is 492 g/mol. The molecule has 0 unspecified atom stereocenters. The SMILES string of the molecule is COc1ccc(C(=O)Cc2c(Cl)cncc2Cl)c2c1OC(c1ccccc1)(c1ccccc1)O2. The quantitative estimate of drug-likeness (QED) is 0.288. The molecule has 0 radical (unpaired) electrons. The van der Waals surface area contributed by atoms with E-state index >= 15 is 0 Å². The van der Waals surface area contributed by atoms with E-state index in [2.05, 4.69) is 4.98 Å². The van der Waals surface area contributed by atoms with Crippen LogP contribution in [-0.2, 0) is 12.2 Å². The number of hydrogen-bond acceptors (Lipinski definition) is 5. The summed E-state index contributed by atoms with van der Waals surface area (Å²) < 4.78 is 18.6. The third kappa shape index (κ3) is 3.77. The Morgan fingerprint density at radius 2 is 1.41 bits per heavy atom. The number of pyridine rings is 1. The van der Waals surface area contributed by atoms with Crippen LogP contribution in [0.2, 0.25) is 10.0 Å². The molecule has 1 aliphatic heterocycles. The summed E-state index contributed by atoms with van der Waals surface area (Å²) in [6.45, 7) is 0. The van der Waals surface area contributed by atoms with Crippen molar-refractivity contribution in [3.8, 4) is 17.2 Å². The molecular formula is C27H19Cl2NO4. The minimum atomic E-state index is -1.29. The Morgan fingerprint density at radius 3 is 1.97 bits per heavy atom. The van der Waals surface area contributed by atoms with Crippen LogP contribution in [0.5, 0.6) is 17.2 Å². The number of aromatic nitrogens is 1. The molecule has 4 aromatic rings. The van der Waals surface area contributed by atoms with Crippen LogP contribution in [0.4, 0.5) is 0 Å². The first kappa shape index (κ1) is 22.3. The minimum Gasteiger partial charge on any atom is -0.493 e. The van der Waals surface area contributed by atoms with Crippen LogP contribution in [0.3, 0.4) is 0 Å². The summed E-state index contributed by atoms with van der Waals surface area (Å²) in [4.78, 5) is 17.4. The molecule has 0 spiro atoms. The number of fused-ring (bicyclic) bond motifs is 1. The summed E-state index contributed by atoms with van der Waals surface area (Å²) in [7, 11) is 1.54. The van der Waals surface area contributed by atoms with Crippen molar-refractivity contribution in [2.75, 3.05) is 7.11 Å². The van der Waals surface area contributed by atoms with E-state index in [1.165, 1.54) is 12.4 Å². The van der Waals surface area contributed by atoms with E-state index < -0.39 is 5.79 Å². The van der Waals surface area contributed by atoms with Crippen LogP contribution < -0.4 is 14.2 Å². The average Bonchev–Trinajstić information content (AvgIpc) is 3.29. The lowest BCUT2D eigenvalue weighted by Gasteiger charge is -2.28. The highest BCUT2D eigenvalue weighted by Crippen LogP contribution is 2.53. The molecule has 2 heterocycles. The van der Waals surface area contributed by atoms with E-state index in [0.717, 1.165) is 11.1 Å². The zero-order valence-corrected chi connectivity index (χ0v) is 19.6. The fourth-order valence-electron chi connectivity index (χ4n) is 4.01. The van der Waals surface area contributed by atoms with Crippen LogP contribution in [0.15, 0.2) is 85.2 Å². The maximum absolute atomic E-state index is 13.4. The molecule has 1 aliphatic rings. The molecule has 5 rings (SSSR count). The fourth-order valence-corrected chi connectivity index (χ4v) is 4.51. The van der Waals surface area contributed by atoms with Gasteiger partial charge in [-0.3, -0.25) is 9.78 Å². The third-order valence-corrected chi connectivity index (χ3v) is 6.34. The molecule has 0 fully saturated rings. The number of carbonyl (C=O) groups excluding carboxylic acids is 1. The van der Waals surface area contributed by atoms with Crippen molar-refractivity contribution in [1.29, 1.82) is 0 Å².